The molecule has 0 aromatic carbocycles. The van der Waals surface area contributed by atoms with Crippen molar-refractivity contribution in [2.24, 2.45) is 0 Å². The molecule has 3 heterocycles. The first kappa shape index (κ1) is 11.3. The van der Waals surface area contributed by atoms with Crippen molar-refractivity contribution < 1.29 is 9.53 Å². The summed E-state index contributed by atoms with van der Waals surface area (Å²) in [6.07, 6.45) is 7.87. The lowest BCUT2D eigenvalue weighted by atomic mass is 9.95. The Morgan fingerprint density at radius 1 is 1.00 bits per heavy atom. The average molecular weight is 235 g/mol. The van der Waals surface area contributed by atoms with Crippen molar-refractivity contribution in [3.8, 4) is 0 Å². The summed E-state index contributed by atoms with van der Waals surface area (Å²) in [5, 5.41) is 0. The molecule has 94 valence electrons. The molecular formula is C14H21NO2. The summed E-state index contributed by atoms with van der Waals surface area (Å²) >= 11 is 0. The van der Waals surface area contributed by atoms with Crippen LogP contribution < -0.4 is 0 Å². The molecule has 2 atom stereocenters. The van der Waals surface area contributed by atoms with Crippen molar-refractivity contribution in [3.05, 3.63) is 11.1 Å². The summed E-state index contributed by atoms with van der Waals surface area (Å²) in [6, 6.07) is 0. The van der Waals surface area contributed by atoms with Gasteiger partial charge in [-0.25, -0.2) is 4.79 Å². The smallest absolute Gasteiger partial charge is 0.334 e. The zero-order valence-electron chi connectivity index (χ0n) is 10.4. The Labute approximate surface area is 103 Å². The molecule has 1 saturated heterocycles. The van der Waals surface area contributed by atoms with Crippen molar-refractivity contribution in [2.75, 3.05) is 19.6 Å². The minimum atomic E-state index is -0.0111. The van der Waals surface area contributed by atoms with E-state index >= 15 is 0 Å². The molecule has 0 aliphatic carbocycles. The van der Waals surface area contributed by atoms with E-state index in [4.69, 9.17) is 4.74 Å². The quantitative estimate of drug-likeness (QED) is 0.603. The van der Waals surface area contributed by atoms with Crippen LogP contribution in [0.1, 0.15) is 44.9 Å². The fraction of sp³-hybridized carbons (Fsp3) is 0.786. The van der Waals surface area contributed by atoms with E-state index < -0.39 is 0 Å². The monoisotopic (exact) mass is 235 g/mol. The Kier molecular flexibility index (Phi) is 3.19. The van der Waals surface area contributed by atoms with Crippen LogP contribution in [0.5, 0.6) is 0 Å². The van der Waals surface area contributed by atoms with Crippen molar-refractivity contribution in [1.29, 1.82) is 0 Å². The Hall–Kier alpha value is -0.830. The summed E-state index contributed by atoms with van der Waals surface area (Å²) in [5.74, 6) is -0.0111. The highest BCUT2D eigenvalue weighted by Gasteiger charge is 2.33. The van der Waals surface area contributed by atoms with Gasteiger partial charge < -0.3 is 9.64 Å². The molecule has 0 saturated carbocycles. The van der Waals surface area contributed by atoms with Gasteiger partial charge in [-0.05, 0) is 70.2 Å². The molecule has 0 N–H and O–H groups in total. The molecule has 1 fully saturated rings. The SMILES string of the molecule is O=C1O[C@H]2CCCN3CCCCC1=C2CCC3. The molecular weight excluding hydrogens is 214 g/mol. The highest BCUT2D eigenvalue weighted by atomic mass is 16.5. The summed E-state index contributed by atoms with van der Waals surface area (Å²) in [4.78, 5) is 14.5. The van der Waals surface area contributed by atoms with Gasteiger partial charge in [-0.1, -0.05) is 0 Å². The number of rotatable bonds is 0. The molecule has 3 rings (SSSR count). The second-order valence-electron chi connectivity index (χ2n) is 5.44. The van der Waals surface area contributed by atoms with E-state index in [9.17, 15) is 4.79 Å². The van der Waals surface area contributed by atoms with Crippen LogP contribution >= 0.6 is 0 Å². The number of carbonyl (C=O) groups is 1. The lowest BCUT2D eigenvalue weighted by molar-refractivity contribution is -0.140. The van der Waals surface area contributed by atoms with Gasteiger partial charge in [0.15, 0.2) is 0 Å². The largest absolute Gasteiger partial charge is 0.454 e. The predicted molar refractivity (Wildman–Crippen MR) is 65.7 cm³/mol. The predicted octanol–water partition coefficient (Wildman–Crippen LogP) is 2.27. The van der Waals surface area contributed by atoms with Crippen LogP contribution in [0, 0.1) is 0 Å². The lowest BCUT2D eigenvalue weighted by Gasteiger charge is -2.22. The molecule has 3 aliphatic rings. The minimum absolute atomic E-state index is 0.0111. The molecule has 17 heavy (non-hydrogen) atoms. The summed E-state index contributed by atoms with van der Waals surface area (Å²) in [7, 11) is 0. The zero-order chi connectivity index (χ0) is 11.7. The summed E-state index contributed by atoms with van der Waals surface area (Å²) in [5.41, 5.74) is 2.38. The van der Waals surface area contributed by atoms with Crippen LogP contribution in [0.3, 0.4) is 0 Å². The first-order valence-electron chi connectivity index (χ1n) is 7.00. The average Bonchev–Trinajstić information content (AvgIpc) is 2.63. The fourth-order valence-corrected chi connectivity index (χ4v) is 3.37. The van der Waals surface area contributed by atoms with Gasteiger partial charge in [-0.15, -0.1) is 0 Å². The Morgan fingerprint density at radius 2 is 1.82 bits per heavy atom. The third-order valence-electron chi connectivity index (χ3n) is 4.28. The number of hydrogen-bond acceptors (Lipinski definition) is 3. The van der Waals surface area contributed by atoms with Gasteiger partial charge in [0, 0.05) is 5.57 Å². The molecule has 1 unspecified atom stereocenters. The van der Waals surface area contributed by atoms with Crippen molar-refractivity contribution >= 4 is 5.97 Å². The van der Waals surface area contributed by atoms with Crippen molar-refractivity contribution in [2.45, 2.75) is 51.0 Å². The molecule has 3 aliphatic heterocycles. The number of hydrogen-bond donors (Lipinski definition) is 0. The van der Waals surface area contributed by atoms with Crippen molar-refractivity contribution in [1.82, 2.24) is 4.90 Å². The molecule has 3 heteroatoms. The molecule has 0 aromatic rings. The highest BCUT2D eigenvalue weighted by molar-refractivity contribution is 5.92. The van der Waals surface area contributed by atoms with Crippen LogP contribution in [0.15, 0.2) is 11.1 Å². The van der Waals surface area contributed by atoms with Gasteiger partial charge in [-0.2, -0.15) is 0 Å². The van der Waals surface area contributed by atoms with Gasteiger partial charge in [-0.3, -0.25) is 0 Å². The zero-order valence-corrected chi connectivity index (χ0v) is 10.4. The molecule has 2 bridgehead atoms. The van der Waals surface area contributed by atoms with Gasteiger partial charge in [0.05, 0.1) is 0 Å². The molecule has 0 amide bonds. The summed E-state index contributed by atoms with van der Waals surface area (Å²) in [6.45, 7) is 3.58. The highest BCUT2D eigenvalue weighted by Crippen LogP contribution is 2.33. The molecule has 0 radical (unpaired) electrons. The van der Waals surface area contributed by atoms with Crippen LogP contribution in [0.4, 0.5) is 0 Å². The first-order valence-corrected chi connectivity index (χ1v) is 7.00. The van der Waals surface area contributed by atoms with E-state index in [2.05, 4.69) is 4.90 Å². The second-order valence-corrected chi connectivity index (χ2v) is 5.44. The van der Waals surface area contributed by atoms with E-state index in [0.29, 0.717) is 0 Å². The number of fused-ring (bicyclic) bond motifs is 3. The van der Waals surface area contributed by atoms with E-state index in [1.807, 2.05) is 0 Å². The van der Waals surface area contributed by atoms with E-state index in [1.165, 1.54) is 38.0 Å². The Bertz CT molecular complexity index is 348. The maximum Gasteiger partial charge on any atom is 0.334 e. The standard InChI is InChI=1S/C14H21NO2/c16-14-12-5-1-2-8-15-9-3-6-11(12)13(17-14)7-4-10-15/h13H,1-10H2/t13-/m0/s1. The summed E-state index contributed by atoms with van der Waals surface area (Å²) < 4.78 is 5.55. The fourth-order valence-electron chi connectivity index (χ4n) is 3.37. The van der Waals surface area contributed by atoms with Gasteiger partial charge in [0.2, 0.25) is 0 Å². The maximum absolute atomic E-state index is 11.9. The third-order valence-corrected chi connectivity index (χ3v) is 4.28. The van der Waals surface area contributed by atoms with Gasteiger partial charge in [0.25, 0.3) is 0 Å². The van der Waals surface area contributed by atoms with Gasteiger partial charge in [0.1, 0.15) is 6.10 Å². The minimum Gasteiger partial charge on any atom is -0.454 e. The third kappa shape index (κ3) is 2.25. The van der Waals surface area contributed by atoms with Crippen molar-refractivity contribution in [3.63, 3.8) is 0 Å². The van der Waals surface area contributed by atoms with Gasteiger partial charge >= 0.3 is 5.97 Å². The number of carbonyl (C=O) groups excluding carboxylic acids is 1. The van der Waals surface area contributed by atoms with Crippen LogP contribution in [-0.2, 0) is 9.53 Å². The maximum atomic E-state index is 11.9. The van der Waals surface area contributed by atoms with Crippen LogP contribution in [-0.4, -0.2) is 36.6 Å². The molecule has 0 spiro atoms. The van der Waals surface area contributed by atoms with Crippen LogP contribution in [0.2, 0.25) is 0 Å². The Morgan fingerprint density at radius 3 is 2.76 bits per heavy atom. The van der Waals surface area contributed by atoms with Crippen LogP contribution in [0.25, 0.3) is 0 Å². The van der Waals surface area contributed by atoms with E-state index in [-0.39, 0.29) is 12.1 Å². The molecule has 3 nitrogen and oxygen atoms in total. The Balaban J connectivity index is 1.91. The normalized spacial score (nSPS) is 34.2. The number of esters is 1. The topological polar surface area (TPSA) is 29.5 Å². The first-order chi connectivity index (χ1) is 8.34. The number of nitrogens with zero attached hydrogens (tertiary/aromatic N) is 1. The lowest BCUT2D eigenvalue weighted by Crippen LogP contribution is -2.27. The molecule has 0 aromatic heterocycles. The van der Waals surface area contributed by atoms with E-state index in [1.54, 1.807) is 0 Å². The number of ether oxygens (including phenoxy) is 1. The van der Waals surface area contributed by atoms with E-state index in [0.717, 1.165) is 37.7 Å². The second kappa shape index (κ2) is 4.81.